The highest BCUT2D eigenvalue weighted by atomic mass is 32.1. The minimum absolute atomic E-state index is 0.804. The maximum Gasteiger partial charge on any atom is 0.173 e. The van der Waals surface area contributed by atoms with Crippen LogP contribution in [0.3, 0.4) is 0 Å². The van der Waals surface area contributed by atoms with Gasteiger partial charge in [-0.25, -0.2) is 0 Å². The van der Waals surface area contributed by atoms with Gasteiger partial charge in [0.25, 0.3) is 0 Å². The number of hydrogen-bond acceptors (Lipinski definition) is 1. The van der Waals surface area contributed by atoms with Crippen LogP contribution in [0.4, 0.5) is 5.69 Å². The number of anilines is 1. The van der Waals surface area contributed by atoms with Gasteiger partial charge in [-0.2, -0.15) is 0 Å². The van der Waals surface area contributed by atoms with Crippen molar-refractivity contribution in [2.24, 2.45) is 0 Å². The van der Waals surface area contributed by atoms with Gasteiger partial charge in [-0.3, -0.25) is 0 Å². The first-order valence-electron chi connectivity index (χ1n) is 5.86. The van der Waals surface area contributed by atoms with Crippen molar-refractivity contribution in [1.82, 2.24) is 4.90 Å². The van der Waals surface area contributed by atoms with E-state index in [1.807, 2.05) is 0 Å². The van der Waals surface area contributed by atoms with Gasteiger partial charge in [-0.15, -0.1) is 0 Å². The summed E-state index contributed by atoms with van der Waals surface area (Å²) in [5, 5.41) is 4.08. The van der Waals surface area contributed by atoms with E-state index in [1.54, 1.807) is 0 Å². The van der Waals surface area contributed by atoms with Gasteiger partial charge < -0.3 is 10.2 Å². The van der Waals surface area contributed by atoms with E-state index in [9.17, 15) is 0 Å². The van der Waals surface area contributed by atoms with Crippen LogP contribution in [0.2, 0.25) is 0 Å². The zero-order valence-electron chi connectivity index (χ0n) is 10.3. The molecule has 0 radical (unpaired) electrons. The van der Waals surface area contributed by atoms with Crippen LogP contribution in [0, 0.1) is 0 Å². The quantitative estimate of drug-likeness (QED) is 0.808. The van der Waals surface area contributed by atoms with Gasteiger partial charge in [0.05, 0.1) is 0 Å². The SMILES string of the molecule is CCc1cccc(NC(=S)N(CC)CC)c1. The van der Waals surface area contributed by atoms with Gasteiger partial charge in [0.2, 0.25) is 0 Å². The molecule has 88 valence electrons. The summed E-state index contributed by atoms with van der Waals surface area (Å²) >= 11 is 5.35. The van der Waals surface area contributed by atoms with Gasteiger partial charge in [0, 0.05) is 18.8 Å². The molecule has 0 fully saturated rings. The Kier molecular flexibility index (Phi) is 5.26. The lowest BCUT2D eigenvalue weighted by atomic mass is 10.1. The highest BCUT2D eigenvalue weighted by molar-refractivity contribution is 7.80. The van der Waals surface area contributed by atoms with Crippen molar-refractivity contribution in [1.29, 1.82) is 0 Å². The Labute approximate surface area is 104 Å². The van der Waals surface area contributed by atoms with Crippen LogP contribution in [-0.2, 0) is 6.42 Å². The molecule has 0 aliphatic heterocycles. The third-order valence-corrected chi connectivity index (χ3v) is 3.00. The molecule has 0 bridgehead atoms. The predicted octanol–water partition coefficient (Wildman–Crippen LogP) is 3.29. The molecular formula is C13H20N2S. The number of benzene rings is 1. The molecule has 0 spiro atoms. The maximum absolute atomic E-state index is 5.35. The molecule has 2 nitrogen and oxygen atoms in total. The highest BCUT2D eigenvalue weighted by Gasteiger charge is 2.04. The zero-order chi connectivity index (χ0) is 12.0. The monoisotopic (exact) mass is 236 g/mol. The standard InChI is InChI=1S/C13H20N2S/c1-4-11-8-7-9-12(10-11)14-13(16)15(5-2)6-3/h7-10H,4-6H2,1-3H3,(H,14,16). The minimum atomic E-state index is 0.804. The molecule has 0 saturated carbocycles. The molecule has 0 amide bonds. The van der Waals surface area contributed by atoms with Crippen LogP contribution in [-0.4, -0.2) is 23.1 Å². The largest absolute Gasteiger partial charge is 0.350 e. The molecule has 0 unspecified atom stereocenters. The minimum Gasteiger partial charge on any atom is -0.350 e. The Morgan fingerprint density at radius 1 is 1.25 bits per heavy atom. The van der Waals surface area contributed by atoms with Crippen LogP contribution >= 0.6 is 12.2 Å². The molecule has 3 heteroatoms. The molecule has 1 N–H and O–H groups in total. The fourth-order valence-electron chi connectivity index (χ4n) is 1.58. The number of nitrogens with one attached hydrogen (secondary N) is 1. The van der Waals surface area contributed by atoms with Crippen LogP contribution < -0.4 is 5.32 Å². The van der Waals surface area contributed by atoms with Crippen molar-refractivity contribution in [2.45, 2.75) is 27.2 Å². The molecule has 0 aliphatic rings. The van der Waals surface area contributed by atoms with Crippen molar-refractivity contribution in [3.8, 4) is 0 Å². The number of nitrogens with zero attached hydrogens (tertiary/aromatic N) is 1. The molecule has 0 heterocycles. The molecule has 0 atom stereocenters. The van der Waals surface area contributed by atoms with Gasteiger partial charge >= 0.3 is 0 Å². The van der Waals surface area contributed by atoms with E-state index in [0.717, 1.165) is 30.3 Å². The summed E-state index contributed by atoms with van der Waals surface area (Å²) in [5.41, 5.74) is 2.41. The third kappa shape index (κ3) is 3.49. The normalized spacial score (nSPS) is 9.94. The number of thiocarbonyl (C=S) groups is 1. The number of hydrogen-bond donors (Lipinski definition) is 1. The summed E-state index contributed by atoms with van der Waals surface area (Å²) in [6.07, 6.45) is 1.05. The van der Waals surface area contributed by atoms with Gasteiger partial charge in [-0.1, -0.05) is 19.1 Å². The summed E-state index contributed by atoms with van der Waals surface area (Å²) in [4.78, 5) is 2.13. The summed E-state index contributed by atoms with van der Waals surface area (Å²) in [6, 6.07) is 8.39. The molecule has 1 rings (SSSR count). The predicted molar refractivity (Wildman–Crippen MR) is 75.0 cm³/mol. The average Bonchev–Trinajstić information content (AvgIpc) is 2.31. The Morgan fingerprint density at radius 3 is 2.50 bits per heavy atom. The maximum atomic E-state index is 5.35. The first-order valence-corrected chi connectivity index (χ1v) is 6.26. The van der Waals surface area contributed by atoms with Crippen molar-refractivity contribution in [3.05, 3.63) is 29.8 Å². The average molecular weight is 236 g/mol. The van der Waals surface area contributed by atoms with E-state index in [4.69, 9.17) is 12.2 Å². The second-order valence-electron chi connectivity index (χ2n) is 3.66. The first kappa shape index (κ1) is 13.0. The van der Waals surface area contributed by atoms with Crippen LogP contribution in [0.5, 0.6) is 0 Å². The molecule has 16 heavy (non-hydrogen) atoms. The Morgan fingerprint density at radius 2 is 1.94 bits per heavy atom. The van der Waals surface area contributed by atoms with Crippen LogP contribution in [0.25, 0.3) is 0 Å². The highest BCUT2D eigenvalue weighted by Crippen LogP contribution is 2.11. The number of aryl methyl sites for hydroxylation is 1. The molecule has 0 aromatic heterocycles. The summed E-state index contributed by atoms with van der Waals surface area (Å²) in [6.45, 7) is 8.26. The second-order valence-corrected chi connectivity index (χ2v) is 4.04. The topological polar surface area (TPSA) is 15.3 Å². The lowest BCUT2D eigenvalue weighted by Gasteiger charge is -2.22. The van der Waals surface area contributed by atoms with Crippen LogP contribution in [0.15, 0.2) is 24.3 Å². The van der Waals surface area contributed by atoms with Crippen molar-refractivity contribution >= 4 is 23.0 Å². The Hall–Kier alpha value is -1.09. The van der Waals surface area contributed by atoms with E-state index in [0.29, 0.717) is 0 Å². The van der Waals surface area contributed by atoms with E-state index in [1.165, 1.54) is 5.56 Å². The van der Waals surface area contributed by atoms with E-state index < -0.39 is 0 Å². The summed E-state index contributed by atoms with van der Waals surface area (Å²) in [7, 11) is 0. The Balaban J connectivity index is 2.68. The van der Waals surface area contributed by atoms with Gasteiger partial charge in [-0.05, 0) is 50.2 Å². The van der Waals surface area contributed by atoms with Crippen LogP contribution in [0.1, 0.15) is 26.3 Å². The van der Waals surface area contributed by atoms with E-state index in [2.05, 4.69) is 55.3 Å². The lowest BCUT2D eigenvalue weighted by Crippen LogP contribution is -2.34. The lowest BCUT2D eigenvalue weighted by molar-refractivity contribution is 0.473. The second kappa shape index (κ2) is 6.48. The zero-order valence-corrected chi connectivity index (χ0v) is 11.1. The molecule has 0 aliphatic carbocycles. The number of rotatable bonds is 4. The van der Waals surface area contributed by atoms with E-state index >= 15 is 0 Å². The summed E-state index contributed by atoms with van der Waals surface area (Å²) in [5.74, 6) is 0. The van der Waals surface area contributed by atoms with Gasteiger partial charge in [0.1, 0.15) is 0 Å². The van der Waals surface area contributed by atoms with Crippen molar-refractivity contribution < 1.29 is 0 Å². The fourth-order valence-corrected chi connectivity index (χ4v) is 1.96. The molecule has 0 saturated heterocycles. The molecule has 1 aromatic rings. The third-order valence-electron chi connectivity index (χ3n) is 2.64. The Bertz CT molecular complexity index is 346. The molecular weight excluding hydrogens is 216 g/mol. The van der Waals surface area contributed by atoms with E-state index in [-0.39, 0.29) is 0 Å². The fraction of sp³-hybridized carbons (Fsp3) is 0.462. The van der Waals surface area contributed by atoms with Gasteiger partial charge in [0.15, 0.2) is 5.11 Å². The summed E-state index contributed by atoms with van der Waals surface area (Å²) < 4.78 is 0. The molecule has 1 aromatic carbocycles. The van der Waals surface area contributed by atoms with Crippen molar-refractivity contribution in [2.75, 3.05) is 18.4 Å². The first-order chi connectivity index (χ1) is 7.71. The van der Waals surface area contributed by atoms with Crippen molar-refractivity contribution in [3.63, 3.8) is 0 Å². The smallest absolute Gasteiger partial charge is 0.173 e.